The van der Waals surface area contributed by atoms with Crippen LogP contribution in [0.25, 0.3) is 0 Å². The Morgan fingerprint density at radius 3 is 1.78 bits per heavy atom. The minimum absolute atomic E-state index is 0. The van der Waals surface area contributed by atoms with Crippen molar-refractivity contribution in [2.75, 3.05) is 13.1 Å². The van der Waals surface area contributed by atoms with Crippen LogP contribution in [-0.4, -0.2) is 23.4 Å². The van der Waals surface area contributed by atoms with E-state index in [1.54, 1.807) is 0 Å². The van der Waals surface area contributed by atoms with Gasteiger partial charge in [0.15, 0.2) is 0 Å². The van der Waals surface area contributed by atoms with E-state index in [1.165, 1.54) is 0 Å². The molecule has 0 N–H and O–H groups in total. The van der Waals surface area contributed by atoms with Crippen LogP contribution in [0.5, 0.6) is 0 Å². The van der Waals surface area contributed by atoms with Crippen LogP contribution in [0.2, 0.25) is 0 Å². The summed E-state index contributed by atoms with van der Waals surface area (Å²) in [7, 11) is 0. The van der Waals surface area contributed by atoms with Gasteiger partial charge in [0.05, 0.1) is 0 Å². The van der Waals surface area contributed by atoms with Crippen LogP contribution in [0.3, 0.4) is 0 Å². The fourth-order valence-corrected chi connectivity index (χ4v) is 1.08. The summed E-state index contributed by atoms with van der Waals surface area (Å²) in [5.41, 5.74) is 0. The molecule has 1 atom stereocenters. The van der Waals surface area contributed by atoms with Gasteiger partial charge in [0.1, 0.15) is 0 Å². The van der Waals surface area contributed by atoms with E-state index in [0.29, 0.717) is 5.37 Å². The van der Waals surface area contributed by atoms with E-state index in [-0.39, 0.29) is 31.0 Å². The number of hydrogen-bond donors (Lipinski definition) is 1. The second kappa shape index (κ2) is 7.42. The van der Waals surface area contributed by atoms with Gasteiger partial charge >= 0.3 is 29.6 Å². The number of nitrogens with zero attached hydrogens (tertiary/aromatic N) is 1. The van der Waals surface area contributed by atoms with Crippen molar-refractivity contribution in [3.8, 4) is 0 Å². The predicted octanol–water partition coefficient (Wildman–Crippen LogP) is -1.28. The summed E-state index contributed by atoms with van der Waals surface area (Å²) < 4.78 is 0. The Morgan fingerprint density at radius 1 is 1.44 bits per heavy atom. The second-order valence-corrected chi connectivity index (χ2v) is 2.60. The first-order valence-corrected chi connectivity index (χ1v) is 3.66. The fraction of sp³-hybridized carbons (Fsp3) is 1.00. The smallest absolute Gasteiger partial charge is 1.00 e. The van der Waals surface area contributed by atoms with Crippen molar-refractivity contribution in [2.24, 2.45) is 0 Å². The van der Waals surface area contributed by atoms with Gasteiger partial charge in [-0.15, -0.1) is 0 Å². The van der Waals surface area contributed by atoms with E-state index < -0.39 is 0 Å². The molecule has 0 aromatic heterocycles. The maximum Gasteiger partial charge on any atom is 1.00 e. The van der Waals surface area contributed by atoms with Crippen LogP contribution >= 0.6 is 12.6 Å². The van der Waals surface area contributed by atoms with E-state index in [0.717, 1.165) is 13.1 Å². The summed E-state index contributed by atoms with van der Waals surface area (Å²) in [6, 6.07) is 0. The number of rotatable bonds is 3. The van der Waals surface area contributed by atoms with Crippen molar-refractivity contribution in [1.29, 1.82) is 0 Å². The normalized spacial score (nSPS) is 13.0. The van der Waals surface area contributed by atoms with Crippen LogP contribution < -0.4 is 29.6 Å². The molecule has 52 valence electrons. The predicted molar refractivity (Wildman–Crippen MR) is 42.5 cm³/mol. The Hall–Kier alpha value is 1.31. The molecular formula is C6H16NNaS. The quantitative estimate of drug-likeness (QED) is 0.303. The first-order chi connectivity index (χ1) is 3.72. The average molecular weight is 157 g/mol. The van der Waals surface area contributed by atoms with Crippen molar-refractivity contribution in [3.63, 3.8) is 0 Å². The standard InChI is InChI=1S/C6H15NS.Na.H/c1-4-7(5-2)6(3)8;;/h6,8H,4-5H2,1-3H3;;/q;+1;-1. The summed E-state index contributed by atoms with van der Waals surface area (Å²) in [5.74, 6) is 0. The molecule has 0 aromatic carbocycles. The molecule has 1 nitrogen and oxygen atoms in total. The van der Waals surface area contributed by atoms with E-state index in [9.17, 15) is 0 Å². The molecule has 0 spiro atoms. The molecule has 0 heterocycles. The molecule has 1 unspecified atom stereocenters. The van der Waals surface area contributed by atoms with Gasteiger partial charge in [-0.05, 0) is 20.0 Å². The van der Waals surface area contributed by atoms with Gasteiger partial charge in [-0.2, -0.15) is 12.6 Å². The zero-order valence-electron chi connectivity index (χ0n) is 7.89. The summed E-state index contributed by atoms with van der Waals surface area (Å²) in [6.07, 6.45) is 0. The van der Waals surface area contributed by atoms with E-state index in [1.807, 2.05) is 0 Å². The minimum atomic E-state index is 0. The van der Waals surface area contributed by atoms with Gasteiger partial charge in [0, 0.05) is 5.37 Å². The van der Waals surface area contributed by atoms with E-state index >= 15 is 0 Å². The molecule has 0 saturated carbocycles. The molecule has 0 rings (SSSR count). The van der Waals surface area contributed by atoms with Gasteiger partial charge in [0.25, 0.3) is 0 Å². The van der Waals surface area contributed by atoms with Crippen LogP contribution in [0, 0.1) is 0 Å². The topological polar surface area (TPSA) is 3.24 Å². The van der Waals surface area contributed by atoms with Gasteiger partial charge < -0.3 is 1.43 Å². The van der Waals surface area contributed by atoms with Crippen LogP contribution in [0.4, 0.5) is 0 Å². The zero-order valence-corrected chi connectivity index (χ0v) is 9.78. The second-order valence-electron chi connectivity index (χ2n) is 1.85. The van der Waals surface area contributed by atoms with Crippen molar-refractivity contribution in [1.82, 2.24) is 4.90 Å². The van der Waals surface area contributed by atoms with Gasteiger partial charge in [0.2, 0.25) is 0 Å². The van der Waals surface area contributed by atoms with Crippen LogP contribution in [0.1, 0.15) is 22.2 Å². The third-order valence-electron chi connectivity index (χ3n) is 1.34. The first-order valence-electron chi connectivity index (χ1n) is 3.14. The minimum Gasteiger partial charge on any atom is -1.00 e. The monoisotopic (exact) mass is 157 g/mol. The molecule has 0 fully saturated rings. The number of hydrogen-bond acceptors (Lipinski definition) is 2. The molecule has 0 bridgehead atoms. The molecule has 0 aliphatic rings. The Bertz CT molecular complexity index is 59.7. The Morgan fingerprint density at radius 2 is 1.78 bits per heavy atom. The molecule has 0 aliphatic carbocycles. The maximum absolute atomic E-state index is 4.28. The van der Waals surface area contributed by atoms with Crippen molar-refractivity contribution in [2.45, 2.75) is 26.1 Å². The molecule has 3 heteroatoms. The average Bonchev–Trinajstić information content (AvgIpc) is 1.69. The summed E-state index contributed by atoms with van der Waals surface area (Å²) >= 11 is 4.28. The molecule has 0 saturated heterocycles. The van der Waals surface area contributed by atoms with Crippen LogP contribution in [0.15, 0.2) is 0 Å². The van der Waals surface area contributed by atoms with E-state index in [4.69, 9.17) is 0 Å². The largest absolute Gasteiger partial charge is 1.00 e. The molecule has 0 amide bonds. The third-order valence-corrected chi connectivity index (χ3v) is 1.67. The molecule has 0 radical (unpaired) electrons. The molecular weight excluding hydrogens is 141 g/mol. The Balaban J connectivity index is -0.000000245. The zero-order chi connectivity index (χ0) is 6.57. The van der Waals surface area contributed by atoms with Crippen molar-refractivity contribution < 1.29 is 31.0 Å². The summed E-state index contributed by atoms with van der Waals surface area (Å²) in [6.45, 7) is 8.59. The van der Waals surface area contributed by atoms with Crippen molar-refractivity contribution >= 4 is 12.6 Å². The maximum atomic E-state index is 4.28. The first kappa shape index (κ1) is 12.9. The van der Waals surface area contributed by atoms with E-state index in [2.05, 4.69) is 38.3 Å². The van der Waals surface area contributed by atoms with Gasteiger partial charge in [-0.25, -0.2) is 0 Å². The SMILES string of the molecule is CCN(CC)C(C)S.[H-].[Na+]. The Kier molecular flexibility index (Phi) is 10.7. The third kappa shape index (κ3) is 5.74. The van der Waals surface area contributed by atoms with Gasteiger partial charge in [-0.1, -0.05) is 13.8 Å². The molecule has 0 aromatic rings. The molecule has 0 aliphatic heterocycles. The fourth-order valence-electron chi connectivity index (χ4n) is 0.752. The Labute approximate surface area is 87.4 Å². The van der Waals surface area contributed by atoms with Gasteiger partial charge in [-0.3, -0.25) is 4.90 Å². The molecule has 9 heavy (non-hydrogen) atoms. The van der Waals surface area contributed by atoms with Crippen LogP contribution in [-0.2, 0) is 0 Å². The number of thiol groups is 1. The summed E-state index contributed by atoms with van der Waals surface area (Å²) in [4.78, 5) is 2.28. The summed E-state index contributed by atoms with van der Waals surface area (Å²) in [5, 5.41) is 0.407. The van der Waals surface area contributed by atoms with Crippen molar-refractivity contribution in [3.05, 3.63) is 0 Å².